The predicted octanol–water partition coefficient (Wildman–Crippen LogP) is 8.99. The molecule has 0 radical (unpaired) electrons. The Hall–Kier alpha value is -6.80. The molecule has 0 aliphatic rings. The molecule has 8 aromatic rings. The van der Waals surface area contributed by atoms with Crippen molar-refractivity contribution in [1.82, 2.24) is 19.1 Å². The van der Waals surface area contributed by atoms with Gasteiger partial charge in [0.25, 0.3) is 0 Å². The fraction of sp³-hybridized carbons (Fsp3) is 0.0698. The maximum atomic E-state index is 12.5. The Morgan fingerprint density at radius 1 is 0.490 bits per heavy atom. The summed E-state index contributed by atoms with van der Waals surface area (Å²) in [5.74, 6) is -0.148. The van der Waals surface area contributed by atoms with Crippen LogP contribution in [0.1, 0.15) is 5.56 Å². The zero-order valence-electron chi connectivity index (χ0n) is 28.1. The maximum Gasteiger partial charge on any atom is 0.244 e. The average Bonchev–Trinajstić information content (AvgIpc) is 3.77. The third-order valence-electron chi connectivity index (χ3n) is 8.49. The summed E-state index contributed by atoms with van der Waals surface area (Å²) in [6, 6.07) is 49.9. The van der Waals surface area contributed by atoms with Crippen LogP contribution in [0.15, 0.2) is 164 Å². The summed E-state index contributed by atoms with van der Waals surface area (Å²) in [5.41, 5.74) is 11.0. The number of hydrogen-bond acceptors (Lipinski definition) is 4. The minimum Gasteiger partial charge on any atom is -0.325 e. The number of anilines is 2. The van der Waals surface area contributed by atoms with Crippen molar-refractivity contribution < 1.29 is 9.59 Å². The minimum atomic E-state index is -0.0748. The molecule has 0 fully saturated rings. The van der Waals surface area contributed by atoms with Crippen molar-refractivity contribution in [2.24, 2.45) is 0 Å². The van der Waals surface area contributed by atoms with E-state index in [9.17, 15) is 9.59 Å². The van der Waals surface area contributed by atoms with Crippen LogP contribution >= 0.6 is 0 Å². The molecule has 2 N–H and O–H groups in total. The van der Waals surface area contributed by atoms with Gasteiger partial charge in [0.15, 0.2) is 0 Å². The third-order valence-corrected chi connectivity index (χ3v) is 8.49. The molecular formula is C43H36N6O2. The van der Waals surface area contributed by atoms with Gasteiger partial charge in [0.05, 0.1) is 34.7 Å². The van der Waals surface area contributed by atoms with Gasteiger partial charge in [-0.15, -0.1) is 0 Å². The molecule has 2 heterocycles. The van der Waals surface area contributed by atoms with Gasteiger partial charge in [0.2, 0.25) is 11.8 Å². The lowest BCUT2D eigenvalue weighted by Crippen LogP contribution is -2.18. The lowest BCUT2D eigenvalue weighted by atomic mass is 10.0. The lowest BCUT2D eigenvalue weighted by Gasteiger charge is -2.09. The fourth-order valence-electron chi connectivity index (χ4n) is 5.88. The van der Waals surface area contributed by atoms with Gasteiger partial charge < -0.3 is 19.8 Å². The number of amides is 2. The molecule has 51 heavy (non-hydrogen) atoms. The summed E-state index contributed by atoms with van der Waals surface area (Å²) in [7, 11) is 0. The molecule has 0 spiro atoms. The molecule has 8 rings (SSSR count). The van der Waals surface area contributed by atoms with Crippen molar-refractivity contribution in [3.8, 4) is 22.3 Å². The van der Waals surface area contributed by atoms with E-state index >= 15 is 0 Å². The van der Waals surface area contributed by atoms with Gasteiger partial charge in [-0.2, -0.15) is 0 Å². The van der Waals surface area contributed by atoms with Crippen molar-refractivity contribution in [1.29, 1.82) is 0 Å². The quantitative estimate of drug-likeness (QED) is 0.169. The first kappa shape index (κ1) is 32.7. The van der Waals surface area contributed by atoms with Crippen LogP contribution in [0.25, 0.3) is 44.3 Å². The van der Waals surface area contributed by atoms with E-state index in [0.29, 0.717) is 0 Å². The molecule has 6 aromatic carbocycles. The standard InChI is InChI=1S/C22H19N3O.C21H17N3O/c1-16-9-11-17(12-10-16)18-5-4-6-19(13-18)24-22(26)14-25-15-23-20-7-2-3-8-21(20)25;25-21(14-24-15-22-19-8-4-5-9-20(19)24)23-18-12-10-17(11-13-18)16-6-2-1-3-7-16/h2-13,15H,14H2,1H3,(H,24,26);1-13,15H,14H2,(H,23,25). The molecule has 0 atom stereocenters. The molecule has 0 aliphatic heterocycles. The highest BCUT2D eigenvalue weighted by molar-refractivity contribution is 5.93. The number of imidazole rings is 2. The second-order valence-corrected chi connectivity index (χ2v) is 12.2. The molecular weight excluding hydrogens is 633 g/mol. The number of carbonyl (C=O) groups excluding carboxylic acids is 2. The Bertz CT molecular complexity index is 2410. The van der Waals surface area contributed by atoms with Gasteiger partial charge in [-0.25, -0.2) is 9.97 Å². The van der Waals surface area contributed by atoms with Crippen LogP contribution < -0.4 is 10.6 Å². The largest absolute Gasteiger partial charge is 0.325 e. The molecule has 0 unspecified atom stereocenters. The fourth-order valence-corrected chi connectivity index (χ4v) is 5.88. The van der Waals surface area contributed by atoms with Crippen LogP contribution in [-0.4, -0.2) is 30.9 Å². The number of nitrogens with zero attached hydrogens (tertiary/aromatic N) is 4. The van der Waals surface area contributed by atoms with Crippen LogP contribution in [0.3, 0.4) is 0 Å². The third kappa shape index (κ3) is 8.09. The Morgan fingerprint density at radius 2 is 0.961 bits per heavy atom. The number of para-hydroxylation sites is 4. The number of fused-ring (bicyclic) bond motifs is 2. The van der Waals surface area contributed by atoms with Crippen LogP contribution in [0.5, 0.6) is 0 Å². The lowest BCUT2D eigenvalue weighted by molar-refractivity contribution is -0.117. The maximum absolute atomic E-state index is 12.5. The molecule has 8 heteroatoms. The second-order valence-electron chi connectivity index (χ2n) is 12.2. The smallest absolute Gasteiger partial charge is 0.244 e. The van der Waals surface area contributed by atoms with E-state index in [1.165, 1.54) is 5.56 Å². The highest BCUT2D eigenvalue weighted by atomic mass is 16.2. The van der Waals surface area contributed by atoms with Crippen LogP contribution in [0.2, 0.25) is 0 Å². The topological polar surface area (TPSA) is 93.8 Å². The van der Waals surface area contributed by atoms with Crippen molar-refractivity contribution >= 4 is 45.3 Å². The highest BCUT2D eigenvalue weighted by Crippen LogP contribution is 2.24. The number of carbonyl (C=O) groups is 2. The Labute approximate surface area is 296 Å². The first-order valence-corrected chi connectivity index (χ1v) is 16.7. The summed E-state index contributed by atoms with van der Waals surface area (Å²) >= 11 is 0. The van der Waals surface area contributed by atoms with Gasteiger partial charge in [0.1, 0.15) is 13.1 Å². The SMILES string of the molecule is Cc1ccc(-c2cccc(NC(=O)Cn3cnc4ccccc43)c2)cc1.O=C(Cn1cnc2ccccc21)Nc1ccc(-c2ccccc2)cc1. The normalized spacial score (nSPS) is 10.8. The number of hydrogen-bond donors (Lipinski definition) is 2. The Morgan fingerprint density at radius 3 is 1.57 bits per heavy atom. The van der Waals surface area contributed by atoms with E-state index in [-0.39, 0.29) is 24.9 Å². The van der Waals surface area contributed by atoms with E-state index in [0.717, 1.165) is 55.7 Å². The van der Waals surface area contributed by atoms with Gasteiger partial charge in [0, 0.05) is 11.4 Å². The Balaban J connectivity index is 0.000000159. The van der Waals surface area contributed by atoms with Crippen LogP contribution in [0, 0.1) is 6.92 Å². The second kappa shape index (κ2) is 15.2. The van der Waals surface area contributed by atoms with Crippen LogP contribution in [-0.2, 0) is 22.7 Å². The number of rotatable bonds is 8. The summed E-state index contributed by atoms with van der Waals surface area (Å²) in [6.07, 6.45) is 3.40. The zero-order chi connectivity index (χ0) is 35.0. The van der Waals surface area contributed by atoms with E-state index in [2.05, 4.69) is 63.9 Å². The van der Waals surface area contributed by atoms with Gasteiger partial charge >= 0.3 is 0 Å². The zero-order valence-corrected chi connectivity index (χ0v) is 28.1. The highest BCUT2D eigenvalue weighted by Gasteiger charge is 2.09. The first-order chi connectivity index (χ1) is 25.0. The predicted molar refractivity (Wildman–Crippen MR) is 205 cm³/mol. The minimum absolute atomic E-state index is 0.0735. The summed E-state index contributed by atoms with van der Waals surface area (Å²) in [5, 5.41) is 5.91. The van der Waals surface area contributed by atoms with Gasteiger partial charge in [-0.3, -0.25) is 9.59 Å². The Kier molecular flexibility index (Phi) is 9.74. The summed E-state index contributed by atoms with van der Waals surface area (Å²) < 4.78 is 3.71. The number of aromatic nitrogens is 4. The van der Waals surface area contributed by atoms with E-state index in [4.69, 9.17) is 0 Å². The van der Waals surface area contributed by atoms with Gasteiger partial charge in [-0.1, -0.05) is 109 Å². The number of nitrogens with one attached hydrogen (secondary N) is 2. The molecule has 8 nitrogen and oxygen atoms in total. The van der Waals surface area contributed by atoms with E-state index in [1.807, 2.05) is 124 Å². The van der Waals surface area contributed by atoms with Crippen LogP contribution in [0.4, 0.5) is 11.4 Å². The molecule has 0 saturated heterocycles. The summed E-state index contributed by atoms with van der Waals surface area (Å²) in [4.78, 5) is 33.4. The van der Waals surface area contributed by atoms with Gasteiger partial charge in [-0.05, 0) is 77.7 Å². The molecule has 0 bridgehead atoms. The molecule has 2 aromatic heterocycles. The molecule has 250 valence electrons. The number of aryl methyl sites for hydroxylation is 1. The van der Waals surface area contributed by atoms with Crippen molar-refractivity contribution in [2.75, 3.05) is 10.6 Å². The average molecular weight is 669 g/mol. The monoisotopic (exact) mass is 668 g/mol. The molecule has 0 aliphatic carbocycles. The van der Waals surface area contributed by atoms with E-state index < -0.39 is 0 Å². The van der Waals surface area contributed by atoms with Crippen molar-refractivity contribution in [3.05, 3.63) is 170 Å². The molecule has 2 amide bonds. The van der Waals surface area contributed by atoms with Crippen molar-refractivity contribution in [3.63, 3.8) is 0 Å². The molecule has 0 saturated carbocycles. The van der Waals surface area contributed by atoms with Crippen molar-refractivity contribution in [2.45, 2.75) is 20.0 Å². The number of benzene rings is 6. The van der Waals surface area contributed by atoms with E-state index in [1.54, 1.807) is 12.7 Å². The first-order valence-electron chi connectivity index (χ1n) is 16.7. The summed E-state index contributed by atoms with van der Waals surface area (Å²) in [6.45, 7) is 2.54.